The van der Waals surface area contributed by atoms with Crippen LogP contribution in [0.1, 0.15) is 45.3 Å². The highest BCUT2D eigenvalue weighted by Gasteiger charge is 2.23. The van der Waals surface area contributed by atoms with E-state index >= 15 is 0 Å². The zero-order valence-electron chi connectivity index (χ0n) is 10.9. The zero-order chi connectivity index (χ0) is 12.4. The van der Waals surface area contributed by atoms with E-state index in [0.29, 0.717) is 6.04 Å². The summed E-state index contributed by atoms with van der Waals surface area (Å²) in [5, 5.41) is 9.47. The Bertz CT molecular complexity index is 361. The van der Waals surface area contributed by atoms with Crippen LogP contribution >= 0.6 is 0 Å². The third-order valence-corrected chi connectivity index (χ3v) is 3.67. The van der Waals surface area contributed by atoms with Gasteiger partial charge in [0.1, 0.15) is 5.82 Å². The van der Waals surface area contributed by atoms with Gasteiger partial charge in [-0.1, -0.05) is 13.0 Å². The highest BCUT2D eigenvalue weighted by Crippen LogP contribution is 2.26. The first-order valence-electron chi connectivity index (χ1n) is 6.48. The normalized spacial score (nSPS) is 26.9. The fourth-order valence-corrected chi connectivity index (χ4v) is 2.42. The Balaban J connectivity index is 2.15. The number of hydrogen-bond acceptors (Lipinski definition) is 3. The molecule has 1 aliphatic rings. The summed E-state index contributed by atoms with van der Waals surface area (Å²) in [6, 6.07) is 4.56. The summed E-state index contributed by atoms with van der Waals surface area (Å²) in [6.07, 6.45) is 3.89. The van der Waals surface area contributed by atoms with Crippen LogP contribution < -0.4 is 4.90 Å². The summed E-state index contributed by atoms with van der Waals surface area (Å²) in [5.41, 5.74) is 0.881. The lowest BCUT2D eigenvalue weighted by atomic mass is 9.95. The molecule has 0 aliphatic carbocycles. The van der Waals surface area contributed by atoms with Gasteiger partial charge in [0.25, 0.3) is 0 Å². The number of piperidine rings is 1. The van der Waals surface area contributed by atoms with E-state index in [9.17, 15) is 5.11 Å². The summed E-state index contributed by atoms with van der Waals surface area (Å²) >= 11 is 0. The van der Waals surface area contributed by atoms with Crippen molar-refractivity contribution in [3.05, 3.63) is 23.9 Å². The number of aliphatic hydroxyl groups is 1. The van der Waals surface area contributed by atoms with E-state index < -0.39 is 6.10 Å². The van der Waals surface area contributed by atoms with E-state index in [-0.39, 0.29) is 0 Å². The molecule has 3 nitrogen and oxygen atoms in total. The van der Waals surface area contributed by atoms with E-state index in [2.05, 4.69) is 23.7 Å². The van der Waals surface area contributed by atoms with Crippen molar-refractivity contribution in [3.63, 3.8) is 0 Å². The average Bonchev–Trinajstić information content (AvgIpc) is 2.32. The molecule has 1 aliphatic heterocycles. The van der Waals surface area contributed by atoms with Gasteiger partial charge >= 0.3 is 0 Å². The lowest BCUT2D eigenvalue weighted by Crippen LogP contribution is -2.41. The molecule has 0 bridgehead atoms. The van der Waals surface area contributed by atoms with Gasteiger partial charge in [-0.25, -0.2) is 4.98 Å². The Hall–Kier alpha value is -1.09. The second-order valence-corrected chi connectivity index (χ2v) is 5.31. The van der Waals surface area contributed by atoms with Crippen LogP contribution in [0.25, 0.3) is 0 Å². The minimum atomic E-state index is -0.436. The van der Waals surface area contributed by atoms with Crippen molar-refractivity contribution in [1.82, 2.24) is 4.98 Å². The predicted octanol–water partition coefficient (Wildman–Crippen LogP) is 2.76. The van der Waals surface area contributed by atoms with E-state index in [4.69, 9.17) is 0 Å². The molecule has 0 radical (unpaired) electrons. The quantitative estimate of drug-likeness (QED) is 0.854. The summed E-state index contributed by atoms with van der Waals surface area (Å²) in [7, 11) is 0. The molecule has 2 rings (SSSR count). The first-order chi connectivity index (χ1) is 8.08. The predicted molar refractivity (Wildman–Crippen MR) is 70.1 cm³/mol. The van der Waals surface area contributed by atoms with Crippen LogP contribution in [0.4, 0.5) is 5.82 Å². The molecule has 1 aromatic heterocycles. The fourth-order valence-electron chi connectivity index (χ4n) is 2.42. The SMILES string of the molecule is CC1CCC(C)N(c2ccc([C@@H](C)O)cn2)C1. The molecule has 2 unspecified atom stereocenters. The van der Waals surface area contributed by atoms with Crippen molar-refractivity contribution in [2.75, 3.05) is 11.4 Å². The second kappa shape index (κ2) is 5.05. The number of aliphatic hydroxyl groups excluding tert-OH is 1. The van der Waals surface area contributed by atoms with E-state index in [1.54, 1.807) is 13.1 Å². The standard InChI is InChI=1S/C14H22N2O/c1-10-4-5-11(2)16(9-10)14-7-6-13(8-15-14)12(3)17/h6-8,10-12,17H,4-5,9H2,1-3H3/t10?,11?,12-/m1/s1. The summed E-state index contributed by atoms with van der Waals surface area (Å²) < 4.78 is 0. The number of anilines is 1. The largest absolute Gasteiger partial charge is 0.389 e. The summed E-state index contributed by atoms with van der Waals surface area (Å²) in [4.78, 5) is 6.85. The molecule has 0 saturated carbocycles. The maximum Gasteiger partial charge on any atom is 0.128 e. The first-order valence-corrected chi connectivity index (χ1v) is 6.48. The summed E-state index contributed by atoms with van der Waals surface area (Å²) in [5.74, 6) is 1.78. The lowest BCUT2D eigenvalue weighted by molar-refractivity contribution is 0.199. The molecule has 3 atom stereocenters. The van der Waals surface area contributed by atoms with Gasteiger partial charge in [-0.3, -0.25) is 0 Å². The zero-order valence-corrected chi connectivity index (χ0v) is 10.9. The van der Waals surface area contributed by atoms with Crippen molar-refractivity contribution in [2.45, 2.75) is 45.8 Å². The van der Waals surface area contributed by atoms with Gasteiger partial charge in [-0.05, 0) is 44.2 Å². The van der Waals surface area contributed by atoms with Crippen molar-refractivity contribution in [2.24, 2.45) is 5.92 Å². The van der Waals surface area contributed by atoms with Crippen molar-refractivity contribution >= 4 is 5.82 Å². The van der Waals surface area contributed by atoms with Gasteiger partial charge in [0, 0.05) is 18.8 Å². The molecule has 17 heavy (non-hydrogen) atoms. The monoisotopic (exact) mass is 234 g/mol. The van der Waals surface area contributed by atoms with Gasteiger partial charge < -0.3 is 10.0 Å². The topological polar surface area (TPSA) is 36.4 Å². The highest BCUT2D eigenvalue weighted by atomic mass is 16.3. The van der Waals surface area contributed by atoms with Gasteiger partial charge in [0.05, 0.1) is 6.10 Å². The maximum atomic E-state index is 9.47. The molecule has 1 fully saturated rings. The number of aromatic nitrogens is 1. The average molecular weight is 234 g/mol. The van der Waals surface area contributed by atoms with Gasteiger partial charge in [0.2, 0.25) is 0 Å². The molecular formula is C14H22N2O. The third kappa shape index (κ3) is 2.78. The van der Waals surface area contributed by atoms with E-state index in [1.165, 1.54) is 12.8 Å². The fraction of sp³-hybridized carbons (Fsp3) is 0.643. The van der Waals surface area contributed by atoms with Crippen molar-refractivity contribution in [3.8, 4) is 0 Å². The Morgan fingerprint density at radius 3 is 2.71 bits per heavy atom. The number of nitrogens with zero attached hydrogens (tertiary/aromatic N) is 2. The first kappa shape index (κ1) is 12.4. The highest BCUT2D eigenvalue weighted by molar-refractivity contribution is 5.41. The van der Waals surface area contributed by atoms with E-state index in [0.717, 1.165) is 23.8 Å². The minimum absolute atomic E-state index is 0.436. The Kier molecular flexibility index (Phi) is 3.67. The third-order valence-electron chi connectivity index (χ3n) is 3.67. The molecule has 94 valence electrons. The molecule has 2 heterocycles. The molecule has 1 aromatic rings. The lowest BCUT2D eigenvalue weighted by Gasteiger charge is -2.37. The van der Waals surface area contributed by atoms with Crippen molar-refractivity contribution in [1.29, 1.82) is 0 Å². The molecular weight excluding hydrogens is 212 g/mol. The van der Waals surface area contributed by atoms with Gasteiger partial charge in [0.15, 0.2) is 0 Å². The number of hydrogen-bond donors (Lipinski definition) is 1. The van der Waals surface area contributed by atoms with Crippen LogP contribution in [0.5, 0.6) is 0 Å². The number of rotatable bonds is 2. The van der Waals surface area contributed by atoms with Gasteiger partial charge in [-0.2, -0.15) is 0 Å². The van der Waals surface area contributed by atoms with Crippen LogP contribution in [-0.2, 0) is 0 Å². The molecule has 0 aromatic carbocycles. The minimum Gasteiger partial charge on any atom is -0.389 e. The molecule has 1 N–H and O–H groups in total. The summed E-state index contributed by atoms with van der Waals surface area (Å²) in [6.45, 7) is 7.41. The maximum absolute atomic E-state index is 9.47. The van der Waals surface area contributed by atoms with Crippen molar-refractivity contribution < 1.29 is 5.11 Å². The van der Waals surface area contributed by atoms with Gasteiger partial charge in [-0.15, -0.1) is 0 Å². The smallest absolute Gasteiger partial charge is 0.128 e. The van der Waals surface area contributed by atoms with Crippen LogP contribution in [0.15, 0.2) is 18.3 Å². The molecule has 1 saturated heterocycles. The molecule has 3 heteroatoms. The van der Waals surface area contributed by atoms with Crippen LogP contribution in [0, 0.1) is 5.92 Å². The Labute approximate surface area is 103 Å². The van der Waals surface area contributed by atoms with Crippen LogP contribution in [-0.4, -0.2) is 22.7 Å². The molecule has 0 amide bonds. The Morgan fingerprint density at radius 2 is 2.12 bits per heavy atom. The second-order valence-electron chi connectivity index (χ2n) is 5.31. The van der Waals surface area contributed by atoms with Crippen LogP contribution in [0.3, 0.4) is 0 Å². The van der Waals surface area contributed by atoms with Crippen LogP contribution in [0.2, 0.25) is 0 Å². The molecule has 0 spiro atoms. The van der Waals surface area contributed by atoms with E-state index in [1.807, 2.05) is 12.1 Å². The number of pyridine rings is 1. The Morgan fingerprint density at radius 1 is 1.35 bits per heavy atom.